The van der Waals surface area contributed by atoms with Crippen LogP contribution in [0.4, 0.5) is 10.1 Å². The smallest absolute Gasteiger partial charge is 0.337 e. The molecule has 0 radical (unpaired) electrons. The first-order valence-electron chi connectivity index (χ1n) is 6.03. The molecule has 0 atom stereocenters. The highest BCUT2D eigenvalue weighted by molar-refractivity contribution is 6.02. The third kappa shape index (κ3) is 2.44. The number of carboxylic acid groups (broad SMARTS) is 1. The highest BCUT2D eigenvalue weighted by Gasteiger charge is 2.43. The zero-order valence-corrected chi connectivity index (χ0v) is 10.3. The number of amides is 1. The topological polar surface area (TPSA) is 92.4 Å². The summed E-state index contributed by atoms with van der Waals surface area (Å²) in [4.78, 5) is 23.1. The first kappa shape index (κ1) is 13.5. The van der Waals surface area contributed by atoms with Gasteiger partial charge < -0.3 is 16.2 Å². The van der Waals surface area contributed by atoms with Crippen molar-refractivity contribution >= 4 is 17.6 Å². The van der Waals surface area contributed by atoms with Crippen molar-refractivity contribution in [2.45, 2.75) is 19.3 Å². The second kappa shape index (κ2) is 4.97. The fourth-order valence-electron chi connectivity index (χ4n) is 2.18. The zero-order valence-electron chi connectivity index (χ0n) is 10.3. The van der Waals surface area contributed by atoms with Crippen LogP contribution in [0.3, 0.4) is 0 Å². The highest BCUT2D eigenvalue weighted by Crippen LogP contribution is 2.41. The fourth-order valence-corrected chi connectivity index (χ4v) is 2.18. The van der Waals surface area contributed by atoms with Gasteiger partial charge in [0, 0.05) is 6.54 Å². The molecule has 1 aliphatic rings. The van der Waals surface area contributed by atoms with Crippen molar-refractivity contribution in [2.24, 2.45) is 11.1 Å². The van der Waals surface area contributed by atoms with Crippen LogP contribution in [-0.4, -0.2) is 23.5 Å². The molecule has 6 heteroatoms. The molecule has 0 bridgehead atoms. The summed E-state index contributed by atoms with van der Waals surface area (Å²) in [6.45, 7) is 0.225. The van der Waals surface area contributed by atoms with Crippen molar-refractivity contribution < 1.29 is 19.1 Å². The van der Waals surface area contributed by atoms with E-state index < -0.39 is 17.2 Å². The third-order valence-corrected chi connectivity index (χ3v) is 3.64. The zero-order chi connectivity index (χ0) is 14.0. The van der Waals surface area contributed by atoms with Gasteiger partial charge >= 0.3 is 5.97 Å². The molecule has 1 fully saturated rings. The number of hydrogen-bond acceptors (Lipinski definition) is 3. The van der Waals surface area contributed by atoms with E-state index in [1.54, 1.807) is 0 Å². The van der Waals surface area contributed by atoms with Crippen LogP contribution in [0.15, 0.2) is 18.2 Å². The molecule has 0 unspecified atom stereocenters. The first-order valence-corrected chi connectivity index (χ1v) is 6.03. The molecule has 0 heterocycles. The number of rotatable bonds is 4. The summed E-state index contributed by atoms with van der Waals surface area (Å²) in [5.74, 6) is -2.24. The Labute approximate surface area is 109 Å². The van der Waals surface area contributed by atoms with E-state index in [-0.39, 0.29) is 23.7 Å². The molecule has 0 aromatic heterocycles. The Kier molecular flexibility index (Phi) is 3.53. The molecule has 102 valence electrons. The molecule has 19 heavy (non-hydrogen) atoms. The molecule has 0 spiro atoms. The maximum absolute atomic E-state index is 13.0. The molecule has 0 saturated heterocycles. The van der Waals surface area contributed by atoms with E-state index in [2.05, 4.69) is 5.32 Å². The Balaban J connectivity index is 2.24. The molecular formula is C13H15FN2O3. The molecule has 1 aromatic carbocycles. The van der Waals surface area contributed by atoms with E-state index >= 15 is 0 Å². The van der Waals surface area contributed by atoms with E-state index in [4.69, 9.17) is 10.8 Å². The van der Waals surface area contributed by atoms with Crippen LogP contribution >= 0.6 is 0 Å². The number of hydrogen-bond donors (Lipinski definition) is 3. The standard InChI is InChI=1S/C13H15FN2O3/c14-8-2-3-10(9(6-8)11(17)18)16-12(19)13(7-15)4-1-5-13/h2-3,6H,1,4-5,7,15H2,(H,16,19)(H,17,18). The molecule has 4 N–H and O–H groups in total. The molecule has 0 aliphatic heterocycles. The van der Waals surface area contributed by atoms with E-state index in [9.17, 15) is 14.0 Å². The van der Waals surface area contributed by atoms with Crippen LogP contribution in [0.1, 0.15) is 29.6 Å². The predicted octanol–water partition coefficient (Wildman–Crippen LogP) is 1.59. The van der Waals surface area contributed by atoms with Crippen molar-refractivity contribution in [3.05, 3.63) is 29.6 Å². The highest BCUT2D eigenvalue weighted by atomic mass is 19.1. The Morgan fingerprint density at radius 1 is 1.42 bits per heavy atom. The van der Waals surface area contributed by atoms with Crippen molar-refractivity contribution in [1.82, 2.24) is 0 Å². The lowest BCUT2D eigenvalue weighted by Gasteiger charge is -2.39. The summed E-state index contributed by atoms with van der Waals surface area (Å²) in [5.41, 5.74) is 4.83. The van der Waals surface area contributed by atoms with Crippen molar-refractivity contribution in [3.8, 4) is 0 Å². The van der Waals surface area contributed by atoms with Crippen molar-refractivity contribution in [1.29, 1.82) is 0 Å². The monoisotopic (exact) mass is 266 g/mol. The maximum atomic E-state index is 13.0. The summed E-state index contributed by atoms with van der Waals surface area (Å²) in [5, 5.41) is 11.5. The average molecular weight is 266 g/mol. The van der Waals surface area contributed by atoms with Gasteiger partial charge in [-0.1, -0.05) is 6.42 Å². The lowest BCUT2D eigenvalue weighted by molar-refractivity contribution is -0.129. The van der Waals surface area contributed by atoms with Crippen LogP contribution in [0.5, 0.6) is 0 Å². The molecule has 1 aliphatic carbocycles. The van der Waals surface area contributed by atoms with Gasteiger partial charge in [0.05, 0.1) is 16.7 Å². The van der Waals surface area contributed by atoms with Crippen LogP contribution in [0.2, 0.25) is 0 Å². The molecule has 1 aromatic rings. The van der Waals surface area contributed by atoms with Gasteiger partial charge in [0.2, 0.25) is 5.91 Å². The second-order valence-electron chi connectivity index (χ2n) is 4.79. The Hall–Kier alpha value is -1.95. The lowest BCUT2D eigenvalue weighted by atomic mass is 9.68. The summed E-state index contributed by atoms with van der Waals surface area (Å²) in [7, 11) is 0. The predicted molar refractivity (Wildman–Crippen MR) is 67.3 cm³/mol. The Morgan fingerprint density at radius 2 is 2.11 bits per heavy atom. The van der Waals surface area contributed by atoms with Gasteiger partial charge in [-0.2, -0.15) is 0 Å². The number of carboxylic acids is 1. The minimum Gasteiger partial charge on any atom is -0.478 e. The third-order valence-electron chi connectivity index (χ3n) is 3.64. The van der Waals surface area contributed by atoms with Crippen LogP contribution in [-0.2, 0) is 4.79 Å². The molecule has 2 rings (SSSR count). The molecular weight excluding hydrogens is 251 g/mol. The van der Waals surface area contributed by atoms with Crippen LogP contribution in [0.25, 0.3) is 0 Å². The van der Waals surface area contributed by atoms with Gasteiger partial charge in [0.1, 0.15) is 5.82 Å². The molecule has 1 saturated carbocycles. The average Bonchev–Trinajstić information content (AvgIpc) is 2.30. The van der Waals surface area contributed by atoms with Gasteiger partial charge in [-0.3, -0.25) is 4.79 Å². The number of halogens is 1. The van der Waals surface area contributed by atoms with E-state index in [0.717, 1.165) is 18.6 Å². The number of carbonyl (C=O) groups is 2. The van der Waals surface area contributed by atoms with Crippen molar-refractivity contribution in [2.75, 3.05) is 11.9 Å². The van der Waals surface area contributed by atoms with Gasteiger partial charge in [-0.25, -0.2) is 9.18 Å². The van der Waals surface area contributed by atoms with E-state index in [0.29, 0.717) is 12.8 Å². The van der Waals surface area contributed by atoms with E-state index in [1.807, 2.05) is 0 Å². The van der Waals surface area contributed by atoms with Crippen molar-refractivity contribution in [3.63, 3.8) is 0 Å². The Morgan fingerprint density at radius 3 is 2.58 bits per heavy atom. The minimum absolute atomic E-state index is 0.0959. The largest absolute Gasteiger partial charge is 0.478 e. The minimum atomic E-state index is -1.29. The Bertz CT molecular complexity index is 521. The van der Waals surface area contributed by atoms with Gasteiger partial charge in [0.25, 0.3) is 0 Å². The molecule has 1 amide bonds. The number of carbonyl (C=O) groups excluding carboxylic acids is 1. The van der Waals surface area contributed by atoms with E-state index in [1.165, 1.54) is 6.07 Å². The van der Waals surface area contributed by atoms with Gasteiger partial charge in [0.15, 0.2) is 0 Å². The first-order chi connectivity index (χ1) is 8.98. The van der Waals surface area contributed by atoms with Crippen LogP contribution < -0.4 is 11.1 Å². The summed E-state index contributed by atoms with van der Waals surface area (Å²) in [6, 6.07) is 3.24. The normalized spacial score (nSPS) is 16.5. The number of benzene rings is 1. The summed E-state index contributed by atoms with van der Waals surface area (Å²) < 4.78 is 13.0. The molecule has 5 nitrogen and oxygen atoms in total. The second-order valence-corrected chi connectivity index (χ2v) is 4.79. The van der Waals surface area contributed by atoms with Gasteiger partial charge in [-0.05, 0) is 31.0 Å². The van der Waals surface area contributed by atoms with Gasteiger partial charge in [-0.15, -0.1) is 0 Å². The van der Waals surface area contributed by atoms with Crippen LogP contribution in [0, 0.1) is 11.2 Å². The number of anilines is 1. The fraction of sp³-hybridized carbons (Fsp3) is 0.385. The quantitative estimate of drug-likeness (QED) is 0.771. The summed E-state index contributed by atoms with van der Waals surface area (Å²) in [6.07, 6.45) is 2.32. The summed E-state index contributed by atoms with van der Waals surface area (Å²) >= 11 is 0. The lowest BCUT2D eigenvalue weighted by Crippen LogP contribution is -2.47. The number of nitrogens with one attached hydrogen (secondary N) is 1. The number of nitrogens with two attached hydrogens (primary N) is 1. The number of aromatic carboxylic acids is 1. The maximum Gasteiger partial charge on any atom is 0.337 e. The SMILES string of the molecule is NCC1(C(=O)Nc2ccc(F)cc2C(=O)O)CCC1.